The first-order valence-electron chi connectivity index (χ1n) is 9.54. The van der Waals surface area contributed by atoms with Gasteiger partial charge >= 0.3 is 0 Å². The zero-order valence-corrected chi connectivity index (χ0v) is 16.9. The molecular weight excluding hydrogens is 366 g/mol. The van der Waals surface area contributed by atoms with Gasteiger partial charge in [0.1, 0.15) is 11.8 Å². The largest absolute Gasteiger partial charge is 0.495 e. The van der Waals surface area contributed by atoms with E-state index in [1.807, 2.05) is 25.1 Å². The fourth-order valence-corrected chi connectivity index (χ4v) is 3.91. The van der Waals surface area contributed by atoms with Gasteiger partial charge in [-0.15, -0.1) is 12.4 Å². The van der Waals surface area contributed by atoms with E-state index in [0.29, 0.717) is 30.3 Å². The highest BCUT2D eigenvalue weighted by Gasteiger charge is 2.34. The minimum Gasteiger partial charge on any atom is -0.495 e. The van der Waals surface area contributed by atoms with Crippen LogP contribution >= 0.6 is 12.4 Å². The standard InChI is InChI=1S/C20H29N3O3.ClH/c1-14-5-7-18(26-2)16(12-14)22-20(25)17-4-3-11-23(17)19(24)8-6-15-9-10-21-13-15;/h5,7,12,15,17,21H,3-4,6,8-11,13H2,1-2H3,(H,22,25);1H. The molecular formula is C20H30ClN3O3. The monoisotopic (exact) mass is 395 g/mol. The number of hydrogen-bond acceptors (Lipinski definition) is 4. The van der Waals surface area contributed by atoms with Crippen molar-refractivity contribution in [2.24, 2.45) is 5.92 Å². The van der Waals surface area contributed by atoms with Gasteiger partial charge in [0.05, 0.1) is 12.8 Å². The number of methoxy groups -OCH3 is 1. The van der Waals surface area contributed by atoms with Crippen LogP contribution in [0, 0.1) is 12.8 Å². The number of aryl methyl sites for hydroxylation is 1. The van der Waals surface area contributed by atoms with Crippen LogP contribution in [0.3, 0.4) is 0 Å². The molecule has 0 radical (unpaired) electrons. The molecule has 1 aromatic carbocycles. The van der Waals surface area contributed by atoms with Crippen molar-refractivity contribution < 1.29 is 14.3 Å². The number of benzene rings is 1. The van der Waals surface area contributed by atoms with Crippen molar-refractivity contribution in [1.29, 1.82) is 0 Å². The molecule has 3 rings (SSSR count). The second-order valence-electron chi connectivity index (χ2n) is 7.34. The average molecular weight is 396 g/mol. The summed E-state index contributed by atoms with van der Waals surface area (Å²) in [6.45, 7) is 4.69. The topological polar surface area (TPSA) is 70.7 Å². The molecule has 2 fully saturated rings. The SMILES string of the molecule is COc1ccc(C)cc1NC(=O)C1CCCN1C(=O)CCC1CCNC1.Cl. The van der Waals surface area contributed by atoms with Crippen LogP contribution < -0.4 is 15.4 Å². The normalized spacial score (nSPS) is 21.6. The van der Waals surface area contributed by atoms with Gasteiger partial charge in [0.25, 0.3) is 0 Å². The van der Waals surface area contributed by atoms with E-state index >= 15 is 0 Å². The molecule has 2 amide bonds. The summed E-state index contributed by atoms with van der Waals surface area (Å²) in [4.78, 5) is 27.2. The molecule has 6 nitrogen and oxygen atoms in total. The van der Waals surface area contributed by atoms with E-state index in [9.17, 15) is 9.59 Å². The lowest BCUT2D eigenvalue weighted by Gasteiger charge is -2.25. The van der Waals surface area contributed by atoms with E-state index in [-0.39, 0.29) is 30.3 Å². The van der Waals surface area contributed by atoms with Crippen molar-refractivity contribution in [2.45, 2.75) is 45.1 Å². The Morgan fingerprint density at radius 2 is 2.15 bits per heavy atom. The quantitative estimate of drug-likeness (QED) is 0.777. The number of hydrogen-bond donors (Lipinski definition) is 2. The van der Waals surface area contributed by atoms with Crippen LogP contribution in [0.25, 0.3) is 0 Å². The number of carbonyl (C=O) groups excluding carboxylic acids is 2. The van der Waals surface area contributed by atoms with Crippen LogP contribution in [-0.2, 0) is 9.59 Å². The molecule has 27 heavy (non-hydrogen) atoms. The number of amides is 2. The Morgan fingerprint density at radius 1 is 1.33 bits per heavy atom. The van der Waals surface area contributed by atoms with Crippen molar-refractivity contribution >= 4 is 29.9 Å². The molecule has 2 aliphatic rings. The highest BCUT2D eigenvalue weighted by molar-refractivity contribution is 5.98. The van der Waals surface area contributed by atoms with E-state index in [1.54, 1.807) is 12.0 Å². The maximum Gasteiger partial charge on any atom is 0.247 e. The summed E-state index contributed by atoms with van der Waals surface area (Å²) in [7, 11) is 1.59. The van der Waals surface area contributed by atoms with Crippen molar-refractivity contribution in [3.63, 3.8) is 0 Å². The highest BCUT2D eigenvalue weighted by atomic mass is 35.5. The molecule has 2 heterocycles. The van der Waals surface area contributed by atoms with E-state index in [0.717, 1.165) is 44.3 Å². The molecule has 0 spiro atoms. The summed E-state index contributed by atoms with van der Waals surface area (Å²) in [5, 5.41) is 6.29. The van der Waals surface area contributed by atoms with Crippen molar-refractivity contribution in [3.05, 3.63) is 23.8 Å². The number of nitrogens with zero attached hydrogens (tertiary/aromatic N) is 1. The van der Waals surface area contributed by atoms with E-state index in [2.05, 4.69) is 10.6 Å². The summed E-state index contributed by atoms with van der Waals surface area (Å²) in [6.07, 6.45) is 4.17. The molecule has 150 valence electrons. The highest BCUT2D eigenvalue weighted by Crippen LogP contribution is 2.27. The van der Waals surface area contributed by atoms with Crippen LogP contribution in [0.5, 0.6) is 5.75 Å². The number of carbonyl (C=O) groups is 2. The van der Waals surface area contributed by atoms with Gasteiger partial charge in [-0.1, -0.05) is 6.07 Å². The molecule has 0 aliphatic carbocycles. The zero-order chi connectivity index (χ0) is 18.5. The number of rotatable bonds is 6. The Labute approximate surface area is 167 Å². The minimum absolute atomic E-state index is 0. The van der Waals surface area contributed by atoms with Crippen LogP contribution in [0.1, 0.15) is 37.7 Å². The summed E-state index contributed by atoms with van der Waals surface area (Å²) in [5.74, 6) is 1.20. The van der Waals surface area contributed by atoms with Crippen molar-refractivity contribution in [2.75, 3.05) is 32.1 Å². The fourth-order valence-electron chi connectivity index (χ4n) is 3.91. The second kappa shape index (κ2) is 9.95. The van der Waals surface area contributed by atoms with E-state index in [1.165, 1.54) is 0 Å². The van der Waals surface area contributed by atoms with Gasteiger partial charge in [-0.25, -0.2) is 0 Å². The molecule has 2 aliphatic heterocycles. The third kappa shape index (κ3) is 5.36. The molecule has 2 N–H and O–H groups in total. The molecule has 0 saturated carbocycles. The van der Waals surface area contributed by atoms with Crippen LogP contribution in [0.2, 0.25) is 0 Å². The lowest BCUT2D eigenvalue weighted by atomic mass is 10.0. The van der Waals surface area contributed by atoms with Crippen molar-refractivity contribution in [3.8, 4) is 5.75 Å². The van der Waals surface area contributed by atoms with Crippen molar-refractivity contribution in [1.82, 2.24) is 10.2 Å². The van der Waals surface area contributed by atoms with Crippen LogP contribution in [-0.4, -0.2) is 49.5 Å². The summed E-state index contributed by atoms with van der Waals surface area (Å²) < 4.78 is 5.33. The number of halogens is 1. The van der Waals surface area contributed by atoms with Gasteiger partial charge < -0.3 is 20.3 Å². The first-order valence-corrected chi connectivity index (χ1v) is 9.54. The van der Waals surface area contributed by atoms with Gasteiger partial charge in [0, 0.05) is 13.0 Å². The predicted molar refractivity (Wildman–Crippen MR) is 109 cm³/mol. The Kier molecular flexibility index (Phi) is 7.92. The maximum atomic E-state index is 12.8. The summed E-state index contributed by atoms with van der Waals surface area (Å²) in [5.41, 5.74) is 1.71. The van der Waals surface area contributed by atoms with Gasteiger partial charge in [0.2, 0.25) is 11.8 Å². The first-order chi connectivity index (χ1) is 12.6. The summed E-state index contributed by atoms with van der Waals surface area (Å²) in [6, 6.07) is 5.30. The Morgan fingerprint density at radius 3 is 2.85 bits per heavy atom. The Balaban J connectivity index is 0.00000261. The molecule has 2 unspecified atom stereocenters. The van der Waals surface area contributed by atoms with Crippen LogP contribution in [0.4, 0.5) is 5.69 Å². The molecule has 2 atom stereocenters. The van der Waals surface area contributed by atoms with Gasteiger partial charge in [-0.3, -0.25) is 9.59 Å². The molecule has 1 aromatic rings. The zero-order valence-electron chi connectivity index (χ0n) is 16.1. The van der Waals surface area contributed by atoms with Gasteiger partial charge in [-0.2, -0.15) is 0 Å². The Hall–Kier alpha value is -1.79. The molecule has 2 saturated heterocycles. The van der Waals surface area contributed by atoms with Gasteiger partial charge in [0.15, 0.2) is 0 Å². The van der Waals surface area contributed by atoms with E-state index in [4.69, 9.17) is 4.74 Å². The van der Waals surface area contributed by atoms with Gasteiger partial charge in [-0.05, 0) is 69.3 Å². The third-order valence-corrected chi connectivity index (χ3v) is 5.42. The first kappa shape index (κ1) is 21.5. The maximum absolute atomic E-state index is 12.8. The molecule has 0 bridgehead atoms. The number of nitrogens with one attached hydrogen (secondary N) is 2. The predicted octanol–water partition coefficient (Wildman–Crippen LogP) is 2.74. The lowest BCUT2D eigenvalue weighted by Crippen LogP contribution is -2.43. The number of likely N-dealkylation sites (tertiary alicyclic amines) is 1. The fraction of sp³-hybridized carbons (Fsp3) is 0.600. The Bertz CT molecular complexity index is 662. The van der Waals surface area contributed by atoms with Crippen LogP contribution in [0.15, 0.2) is 18.2 Å². The lowest BCUT2D eigenvalue weighted by molar-refractivity contribution is -0.136. The summed E-state index contributed by atoms with van der Waals surface area (Å²) >= 11 is 0. The number of ether oxygens (including phenoxy) is 1. The molecule has 0 aromatic heterocycles. The third-order valence-electron chi connectivity index (χ3n) is 5.42. The molecule has 7 heteroatoms. The number of anilines is 1. The second-order valence-corrected chi connectivity index (χ2v) is 7.34. The average Bonchev–Trinajstić information content (AvgIpc) is 3.31. The smallest absolute Gasteiger partial charge is 0.247 e. The van der Waals surface area contributed by atoms with E-state index < -0.39 is 0 Å². The minimum atomic E-state index is -0.380.